The van der Waals surface area contributed by atoms with Gasteiger partial charge in [0, 0.05) is 19.8 Å². The van der Waals surface area contributed by atoms with Crippen molar-refractivity contribution in [2.24, 2.45) is 0 Å². The molecular weight excluding hydrogens is 368 g/mol. The second-order valence-electron chi connectivity index (χ2n) is 6.13. The number of nitrogens with zero attached hydrogens (tertiary/aromatic N) is 1. The van der Waals surface area contributed by atoms with Crippen LogP contribution in [0.1, 0.15) is 11.1 Å². The number of amides is 1. The number of hydrogen-bond donors (Lipinski definition) is 1. The molecule has 2 aromatic rings. The van der Waals surface area contributed by atoms with Crippen LogP contribution in [0.15, 0.2) is 53.4 Å². The van der Waals surface area contributed by atoms with Gasteiger partial charge in [-0.3, -0.25) is 9.59 Å². The van der Waals surface area contributed by atoms with Crippen molar-refractivity contribution < 1.29 is 22.7 Å². The van der Waals surface area contributed by atoms with Gasteiger partial charge in [0.25, 0.3) is 5.91 Å². The lowest BCUT2D eigenvalue weighted by Gasteiger charge is -2.13. The fraction of sp³-hybridized carbons (Fsp3) is 0.263. The lowest BCUT2D eigenvalue weighted by Crippen LogP contribution is -2.23. The van der Waals surface area contributed by atoms with Crippen LogP contribution in [0.3, 0.4) is 0 Å². The molecule has 144 valence electrons. The summed E-state index contributed by atoms with van der Waals surface area (Å²) in [5.74, 6) is -1.06. The van der Waals surface area contributed by atoms with Crippen molar-refractivity contribution in [2.75, 3.05) is 26.0 Å². The van der Waals surface area contributed by atoms with E-state index in [1.54, 1.807) is 6.07 Å². The standard InChI is InChI=1S/C19H22N2O5S/c1-14-7-4-5-8-15(14)11-19(23)26-13-18(22)20-16-9-6-10-17(12-16)27(24,25)21(2)3/h4-10,12H,11,13H2,1-3H3,(H,20,22). The van der Waals surface area contributed by atoms with E-state index < -0.39 is 28.5 Å². The lowest BCUT2D eigenvalue weighted by atomic mass is 10.1. The number of carbonyl (C=O) groups is 2. The highest BCUT2D eigenvalue weighted by atomic mass is 32.2. The molecule has 0 aliphatic heterocycles. The topological polar surface area (TPSA) is 92.8 Å². The van der Waals surface area contributed by atoms with Gasteiger partial charge >= 0.3 is 5.97 Å². The first kappa shape index (κ1) is 20.6. The summed E-state index contributed by atoms with van der Waals surface area (Å²) in [4.78, 5) is 23.9. The molecule has 0 atom stereocenters. The largest absolute Gasteiger partial charge is 0.455 e. The predicted molar refractivity (Wildman–Crippen MR) is 102 cm³/mol. The molecule has 27 heavy (non-hydrogen) atoms. The number of sulfonamides is 1. The number of carbonyl (C=O) groups excluding carboxylic acids is 2. The van der Waals surface area contributed by atoms with Crippen molar-refractivity contribution >= 4 is 27.6 Å². The molecule has 2 rings (SSSR count). The minimum Gasteiger partial charge on any atom is -0.455 e. The van der Waals surface area contributed by atoms with Gasteiger partial charge in [-0.05, 0) is 36.2 Å². The summed E-state index contributed by atoms with van der Waals surface area (Å²) in [7, 11) is -0.753. The third-order valence-corrected chi connectivity index (χ3v) is 5.67. The second kappa shape index (κ2) is 8.79. The minimum atomic E-state index is -3.60. The maximum absolute atomic E-state index is 12.1. The zero-order valence-electron chi connectivity index (χ0n) is 15.4. The van der Waals surface area contributed by atoms with E-state index in [1.165, 1.54) is 32.3 Å². The van der Waals surface area contributed by atoms with Crippen LogP contribution in [0, 0.1) is 6.92 Å². The maximum atomic E-state index is 12.1. The minimum absolute atomic E-state index is 0.0573. The van der Waals surface area contributed by atoms with E-state index in [0.717, 1.165) is 15.4 Å². The molecule has 0 aliphatic carbocycles. The van der Waals surface area contributed by atoms with E-state index >= 15 is 0 Å². The molecule has 1 N–H and O–H groups in total. The van der Waals surface area contributed by atoms with Crippen molar-refractivity contribution in [1.29, 1.82) is 0 Å². The summed E-state index contributed by atoms with van der Waals surface area (Å²) in [6, 6.07) is 13.3. The first-order chi connectivity index (χ1) is 12.7. The van der Waals surface area contributed by atoms with Crippen LogP contribution in [0.2, 0.25) is 0 Å². The molecule has 0 unspecified atom stereocenters. The SMILES string of the molecule is Cc1ccccc1CC(=O)OCC(=O)Nc1cccc(S(=O)(=O)N(C)C)c1. The highest BCUT2D eigenvalue weighted by Crippen LogP contribution is 2.18. The molecule has 1 amide bonds. The van der Waals surface area contributed by atoms with E-state index in [-0.39, 0.29) is 11.3 Å². The summed E-state index contributed by atoms with van der Waals surface area (Å²) in [6.45, 7) is 1.44. The number of anilines is 1. The Hall–Kier alpha value is -2.71. The Morgan fingerprint density at radius 1 is 1.07 bits per heavy atom. The smallest absolute Gasteiger partial charge is 0.310 e. The maximum Gasteiger partial charge on any atom is 0.310 e. The second-order valence-corrected chi connectivity index (χ2v) is 8.28. The number of esters is 1. The molecule has 0 aliphatic rings. The predicted octanol–water partition coefficient (Wildman–Crippen LogP) is 1.97. The van der Waals surface area contributed by atoms with Gasteiger partial charge < -0.3 is 10.1 Å². The number of rotatable bonds is 7. The van der Waals surface area contributed by atoms with Gasteiger partial charge in [0.2, 0.25) is 10.0 Å². The van der Waals surface area contributed by atoms with E-state index in [4.69, 9.17) is 4.74 Å². The Morgan fingerprint density at radius 3 is 2.44 bits per heavy atom. The average Bonchev–Trinajstić information content (AvgIpc) is 2.62. The zero-order chi connectivity index (χ0) is 20.0. The van der Waals surface area contributed by atoms with Gasteiger partial charge in [0.05, 0.1) is 11.3 Å². The summed E-state index contributed by atoms with van der Waals surface area (Å²) < 4.78 is 30.3. The quantitative estimate of drug-likeness (QED) is 0.730. The van der Waals surface area contributed by atoms with Crippen molar-refractivity contribution in [1.82, 2.24) is 4.31 Å². The van der Waals surface area contributed by atoms with Gasteiger partial charge in [-0.2, -0.15) is 0 Å². The van der Waals surface area contributed by atoms with Gasteiger partial charge in [-0.25, -0.2) is 12.7 Å². The van der Waals surface area contributed by atoms with Crippen LogP contribution in [-0.4, -0.2) is 45.3 Å². The number of aryl methyl sites for hydroxylation is 1. The molecule has 7 nitrogen and oxygen atoms in total. The summed E-state index contributed by atoms with van der Waals surface area (Å²) >= 11 is 0. The molecule has 8 heteroatoms. The average molecular weight is 390 g/mol. The molecule has 0 fully saturated rings. The van der Waals surface area contributed by atoms with Crippen molar-refractivity contribution in [3.8, 4) is 0 Å². The van der Waals surface area contributed by atoms with Crippen LogP contribution in [0.25, 0.3) is 0 Å². The molecular formula is C19H22N2O5S. The highest BCUT2D eigenvalue weighted by Gasteiger charge is 2.18. The van der Waals surface area contributed by atoms with Crippen molar-refractivity contribution in [2.45, 2.75) is 18.2 Å². The molecule has 0 aromatic heterocycles. The first-order valence-corrected chi connectivity index (χ1v) is 9.66. The van der Waals surface area contributed by atoms with Gasteiger partial charge in [0.15, 0.2) is 6.61 Å². The van der Waals surface area contributed by atoms with Gasteiger partial charge in [-0.15, -0.1) is 0 Å². The van der Waals surface area contributed by atoms with Crippen molar-refractivity contribution in [3.05, 3.63) is 59.7 Å². The van der Waals surface area contributed by atoms with Crippen molar-refractivity contribution in [3.63, 3.8) is 0 Å². The molecule has 0 saturated heterocycles. The van der Waals surface area contributed by atoms with Crippen LogP contribution in [-0.2, 0) is 30.8 Å². The summed E-state index contributed by atoms with van der Waals surface area (Å²) in [6.07, 6.45) is 0.0799. The van der Waals surface area contributed by atoms with E-state index in [2.05, 4.69) is 5.32 Å². The monoisotopic (exact) mass is 390 g/mol. The lowest BCUT2D eigenvalue weighted by molar-refractivity contribution is -0.146. The zero-order valence-corrected chi connectivity index (χ0v) is 16.2. The molecule has 0 saturated carbocycles. The molecule has 0 spiro atoms. The Balaban J connectivity index is 1.93. The van der Waals surface area contributed by atoms with E-state index in [9.17, 15) is 18.0 Å². The number of nitrogens with one attached hydrogen (secondary N) is 1. The van der Waals surface area contributed by atoms with Crippen LogP contribution in [0.5, 0.6) is 0 Å². The Labute approximate surface area is 159 Å². The fourth-order valence-corrected chi connectivity index (χ4v) is 3.25. The third kappa shape index (κ3) is 5.63. The molecule has 0 bridgehead atoms. The number of ether oxygens (including phenoxy) is 1. The number of hydrogen-bond acceptors (Lipinski definition) is 5. The van der Waals surface area contributed by atoms with E-state index in [1.807, 2.05) is 31.2 Å². The Kier molecular flexibility index (Phi) is 6.70. The number of benzene rings is 2. The van der Waals surface area contributed by atoms with Crippen LogP contribution >= 0.6 is 0 Å². The molecule has 0 radical (unpaired) electrons. The molecule has 2 aromatic carbocycles. The van der Waals surface area contributed by atoms with Crippen LogP contribution in [0.4, 0.5) is 5.69 Å². The van der Waals surface area contributed by atoms with Gasteiger partial charge in [0.1, 0.15) is 0 Å². The Bertz CT molecular complexity index is 939. The third-order valence-electron chi connectivity index (χ3n) is 3.86. The molecule has 0 heterocycles. The highest BCUT2D eigenvalue weighted by molar-refractivity contribution is 7.89. The van der Waals surface area contributed by atoms with Crippen LogP contribution < -0.4 is 5.32 Å². The van der Waals surface area contributed by atoms with Gasteiger partial charge in [-0.1, -0.05) is 30.3 Å². The normalized spacial score (nSPS) is 11.3. The first-order valence-electron chi connectivity index (χ1n) is 8.22. The summed E-state index contributed by atoms with van der Waals surface area (Å²) in [5.41, 5.74) is 2.11. The summed E-state index contributed by atoms with van der Waals surface area (Å²) in [5, 5.41) is 2.52. The van der Waals surface area contributed by atoms with E-state index in [0.29, 0.717) is 5.69 Å². The fourth-order valence-electron chi connectivity index (χ4n) is 2.30. The Morgan fingerprint density at radius 2 is 1.78 bits per heavy atom.